The number of carbonyl (C=O) groups excluding carboxylic acids is 1. The van der Waals surface area contributed by atoms with Gasteiger partial charge in [-0.15, -0.1) is 0 Å². The molecule has 0 aliphatic carbocycles. The molecular weight excluding hydrogens is 293 g/mol. The maximum Gasteiger partial charge on any atom is 0.221 e. The van der Waals surface area contributed by atoms with Crippen LogP contribution in [0.3, 0.4) is 0 Å². The number of nitrogens with zero attached hydrogens (tertiary/aromatic N) is 1. The van der Waals surface area contributed by atoms with E-state index >= 15 is 0 Å². The molecule has 2 aromatic carbocycles. The smallest absolute Gasteiger partial charge is 0.221 e. The zero-order valence-electron chi connectivity index (χ0n) is 12.6. The Morgan fingerprint density at radius 3 is 2.57 bits per heavy atom. The second kappa shape index (κ2) is 8.06. The molecule has 4 nitrogen and oxygen atoms in total. The van der Waals surface area contributed by atoms with Crippen molar-refractivity contribution in [3.63, 3.8) is 0 Å². The minimum atomic E-state index is -0.437. The minimum Gasteiger partial charge on any atom is -0.352 e. The molecule has 1 atom stereocenters. The Labute approximate surface area is 134 Å². The quantitative estimate of drug-likeness (QED) is 0.859. The van der Waals surface area contributed by atoms with Crippen LogP contribution < -0.4 is 11.1 Å². The van der Waals surface area contributed by atoms with Crippen LogP contribution in [0.1, 0.15) is 23.1 Å². The normalized spacial score (nSPS) is 11.5. The minimum absolute atomic E-state index is 0.130. The lowest BCUT2D eigenvalue weighted by Crippen LogP contribution is -2.33. The van der Waals surface area contributed by atoms with Crippen molar-refractivity contribution in [2.45, 2.75) is 25.4 Å². The Morgan fingerprint density at radius 2 is 1.91 bits per heavy atom. The SMILES string of the molecule is N#Cc1ccc(CNC(=O)C[C@H](N)Cc2ccccc2F)cc1. The number of hydrogen-bond donors (Lipinski definition) is 2. The number of amides is 1. The highest BCUT2D eigenvalue weighted by molar-refractivity contribution is 5.76. The molecule has 0 spiro atoms. The second-order valence-corrected chi connectivity index (χ2v) is 5.35. The van der Waals surface area contributed by atoms with Crippen LogP contribution in [0.15, 0.2) is 48.5 Å². The number of rotatable bonds is 6. The highest BCUT2D eigenvalue weighted by Crippen LogP contribution is 2.10. The number of hydrogen-bond acceptors (Lipinski definition) is 3. The molecule has 5 heteroatoms. The van der Waals surface area contributed by atoms with Gasteiger partial charge in [0.15, 0.2) is 0 Å². The Morgan fingerprint density at radius 1 is 1.22 bits per heavy atom. The number of benzene rings is 2. The van der Waals surface area contributed by atoms with Crippen molar-refractivity contribution in [3.05, 3.63) is 71.0 Å². The fraction of sp³-hybridized carbons (Fsp3) is 0.222. The molecule has 0 saturated heterocycles. The summed E-state index contributed by atoms with van der Waals surface area (Å²) in [5.74, 6) is -0.487. The first kappa shape index (κ1) is 16.7. The predicted molar refractivity (Wildman–Crippen MR) is 85.7 cm³/mol. The van der Waals surface area contributed by atoms with Crippen molar-refractivity contribution in [2.24, 2.45) is 5.73 Å². The zero-order valence-corrected chi connectivity index (χ0v) is 12.6. The lowest BCUT2D eigenvalue weighted by Gasteiger charge is -2.12. The third-order valence-electron chi connectivity index (χ3n) is 3.46. The average Bonchev–Trinajstić information content (AvgIpc) is 2.55. The van der Waals surface area contributed by atoms with E-state index in [9.17, 15) is 9.18 Å². The molecule has 0 unspecified atom stereocenters. The summed E-state index contributed by atoms with van der Waals surface area (Å²) in [5, 5.41) is 11.5. The van der Waals surface area contributed by atoms with Crippen LogP contribution in [0, 0.1) is 17.1 Å². The summed E-state index contributed by atoms with van der Waals surface area (Å²) in [5.41, 5.74) is 7.91. The predicted octanol–water partition coefficient (Wildman–Crippen LogP) is 2.27. The molecule has 0 saturated carbocycles. The molecule has 3 N–H and O–H groups in total. The van der Waals surface area contributed by atoms with Crippen LogP contribution in [0.5, 0.6) is 0 Å². The van der Waals surface area contributed by atoms with Crippen LogP contribution in [0.4, 0.5) is 4.39 Å². The fourth-order valence-electron chi connectivity index (χ4n) is 2.23. The van der Waals surface area contributed by atoms with Gasteiger partial charge in [0.05, 0.1) is 11.6 Å². The van der Waals surface area contributed by atoms with Gasteiger partial charge < -0.3 is 11.1 Å². The van der Waals surface area contributed by atoms with Crippen molar-refractivity contribution < 1.29 is 9.18 Å². The van der Waals surface area contributed by atoms with Gasteiger partial charge >= 0.3 is 0 Å². The number of nitrogens with two attached hydrogens (primary N) is 1. The van der Waals surface area contributed by atoms with Crippen LogP contribution in [0.2, 0.25) is 0 Å². The molecule has 2 rings (SSSR count). The lowest BCUT2D eigenvalue weighted by atomic mass is 10.0. The van der Waals surface area contributed by atoms with Crippen molar-refractivity contribution in [1.29, 1.82) is 5.26 Å². The highest BCUT2D eigenvalue weighted by Gasteiger charge is 2.12. The van der Waals surface area contributed by atoms with Gasteiger partial charge in [-0.05, 0) is 35.7 Å². The summed E-state index contributed by atoms with van der Waals surface area (Å²) in [6, 6.07) is 15.0. The average molecular weight is 311 g/mol. The zero-order chi connectivity index (χ0) is 16.7. The fourth-order valence-corrected chi connectivity index (χ4v) is 2.23. The van der Waals surface area contributed by atoms with E-state index in [1.807, 2.05) is 6.07 Å². The van der Waals surface area contributed by atoms with E-state index in [-0.39, 0.29) is 18.1 Å². The molecule has 0 aliphatic heterocycles. The Balaban J connectivity index is 1.80. The van der Waals surface area contributed by atoms with Gasteiger partial charge in [-0.1, -0.05) is 30.3 Å². The maximum atomic E-state index is 13.5. The van der Waals surface area contributed by atoms with Crippen LogP contribution in [0.25, 0.3) is 0 Å². The van der Waals surface area contributed by atoms with Gasteiger partial charge in [0.1, 0.15) is 5.82 Å². The largest absolute Gasteiger partial charge is 0.352 e. The third-order valence-corrected chi connectivity index (χ3v) is 3.46. The third kappa shape index (κ3) is 5.20. The monoisotopic (exact) mass is 311 g/mol. The van der Waals surface area contributed by atoms with E-state index in [1.54, 1.807) is 42.5 Å². The molecule has 23 heavy (non-hydrogen) atoms. The van der Waals surface area contributed by atoms with Gasteiger partial charge in [-0.3, -0.25) is 4.79 Å². The van der Waals surface area contributed by atoms with Crippen molar-refractivity contribution in [2.75, 3.05) is 0 Å². The maximum absolute atomic E-state index is 13.5. The molecular formula is C18H18FN3O. The van der Waals surface area contributed by atoms with E-state index < -0.39 is 6.04 Å². The second-order valence-electron chi connectivity index (χ2n) is 5.35. The summed E-state index contributed by atoms with van der Waals surface area (Å²) in [6.07, 6.45) is 0.446. The Bertz CT molecular complexity index is 707. The molecule has 0 radical (unpaired) electrons. The van der Waals surface area contributed by atoms with E-state index in [1.165, 1.54) is 6.07 Å². The summed E-state index contributed by atoms with van der Waals surface area (Å²) in [4.78, 5) is 11.9. The molecule has 0 fully saturated rings. The topological polar surface area (TPSA) is 78.9 Å². The van der Waals surface area contributed by atoms with Crippen LogP contribution in [-0.2, 0) is 17.8 Å². The van der Waals surface area contributed by atoms with E-state index in [0.717, 1.165) is 5.56 Å². The summed E-state index contributed by atoms with van der Waals surface area (Å²) < 4.78 is 13.5. The molecule has 2 aromatic rings. The van der Waals surface area contributed by atoms with E-state index in [4.69, 9.17) is 11.0 Å². The van der Waals surface area contributed by atoms with Crippen molar-refractivity contribution >= 4 is 5.91 Å². The molecule has 0 aliphatic rings. The Kier molecular flexibility index (Phi) is 5.84. The first-order valence-electron chi connectivity index (χ1n) is 7.33. The number of nitrogens with one attached hydrogen (secondary N) is 1. The van der Waals surface area contributed by atoms with Gasteiger partial charge in [0, 0.05) is 19.0 Å². The number of halogens is 1. The summed E-state index contributed by atoms with van der Waals surface area (Å²) in [7, 11) is 0. The summed E-state index contributed by atoms with van der Waals surface area (Å²) >= 11 is 0. The van der Waals surface area contributed by atoms with Crippen LogP contribution in [-0.4, -0.2) is 11.9 Å². The van der Waals surface area contributed by atoms with Gasteiger partial charge in [0.25, 0.3) is 0 Å². The van der Waals surface area contributed by atoms with Crippen LogP contribution >= 0.6 is 0 Å². The lowest BCUT2D eigenvalue weighted by molar-refractivity contribution is -0.121. The number of carbonyl (C=O) groups is 1. The van der Waals surface area contributed by atoms with Crippen molar-refractivity contribution in [3.8, 4) is 6.07 Å². The first-order chi connectivity index (χ1) is 11.1. The standard InChI is InChI=1S/C18H18FN3O/c19-17-4-2-1-3-15(17)9-16(21)10-18(23)22-12-14-7-5-13(11-20)6-8-14/h1-8,16H,9-10,12,21H2,(H,22,23)/t16-/m1/s1. The number of nitriles is 1. The molecule has 118 valence electrons. The van der Waals surface area contributed by atoms with Crippen molar-refractivity contribution in [1.82, 2.24) is 5.32 Å². The van der Waals surface area contributed by atoms with Gasteiger partial charge in [-0.2, -0.15) is 5.26 Å². The van der Waals surface area contributed by atoms with Gasteiger partial charge in [-0.25, -0.2) is 4.39 Å². The first-order valence-corrected chi connectivity index (χ1v) is 7.33. The molecule has 0 bridgehead atoms. The molecule has 0 heterocycles. The molecule has 1 amide bonds. The van der Waals surface area contributed by atoms with E-state index in [2.05, 4.69) is 5.32 Å². The van der Waals surface area contributed by atoms with E-state index in [0.29, 0.717) is 24.1 Å². The molecule has 0 aromatic heterocycles. The summed E-state index contributed by atoms with van der Waals surface area (Å²) in [6.45, 7) is 0.372. The van der Waals surface area contributed by atoms with Gasteiger partial charge in [0.2, 0.25) is 5.91 Å². The Hall–Kier alpha value is -2.71. The highest BCUT2D eigenvalue weighted by atomic mass is 19.1.